The van der Waals surface area contributed by atoms with E-state index in [-0.39, 0.29) is 10.6 Å². The number of aromatic nitrogens is 1. The van der Waals surface area contributed by atoms with Crippen molar-refractivity contribution in [3.8, 4) is 0 Å². The number of hydrogen-bond donors (Lipinski definition) is 2. The molecule has 0 aliphatic carbocycles. The Hall–Kier alpha value is -3.59. The molecular formula is C23H18F3N3O2S. The third-order valence-corrected chi connectivity index (χ3v) is 6.14. The first-order valence-electron chi connectivity index (χ1n) is 9.60. The zero-order valence-electron chi connectivity index (χ0n) is 16.6. The lowest BCUT2D eigenvalue weighted by Crippen LogP contribution is -2.14. The Labute approximate surface area is 183 Å². The molecule has 3 aromatic carbocycles. The Balaban J connectivity index is 1.60. The molecular weight excluding hydrogens is 439 g/mol. The van der Waals surface area contributed by atoms with Gasteiger partial charge < -0.3 is 5.32 Å². The Morgan fingerprint density at radius 2 is 1.53 bits per heavy atom. The number of rotatable bonds is 6. The van der Waals surface area contributed by atoms with Gasteiger partial charge in [-0.15, -0.1) is 0 Å². The summed E-state index contributed by atoms with van der Waals surface area (Å²) in [6.07, 6.45) is -4.54. The fraction of sp³-hybridized carbons (Fsp3) is 0.0870. The first kappa shape index (κ1) is 21.6. The fourth-order valence-corrected chi connectivity index (χ4v) is 4.21. The summed E-state index contributed by atoms with van der Waals surface area (Å²) < 4.78 is 66.3. The van der Waals surface area contributed by atoms with Gasteiger partial charge in [-0.05, 0) is 48.5 Å². The van der Waals surface area contributed by atoms with E-state index in [0.717, 1.165) is 35.3 Å². The average molecular weight is 457 g/mol. The van der Waals surface area contributed by atoms with Crippen molar-refractivity contribution in [2.24, 2.45) is 0 Å². The van der Waals surface area contributed by atoms with Gasteiger partial charge in [-0.2, -0.15) is 13.2 Å². The van der Waals surface area contributed by atoms with Gasteiger partial charge in [0.25, 0.3) is 10.0 Å². The summed E-state index contributed by atoms with van der Waals surface area (Å²) in [5, 5.41) is 3.97. The number of para-hydroxylation sites is 2. The quantitative estimate of drug-likeness (QED) is 0.392. The van der Waals surface area contributed by atoms with E-state index in [1.807, 2.05) is 42.5 Å². The summed E-state index contributed by atoms with van der Waals surface area (Å²) in [6.45, 7) is 0.430. The van der Waals surface area contributed by atoms with Crippen LogP contribution in [0.3, 0.4) is 0 Å². The number of pyridine rings is 1. The van der Waals surface area contributed by atoms with Crippen LogP contribution in [0.2, 0.25) is 0 Å². The van der Waals surface area contributed by atoms with Gasteiger partial charge in [0, 0.05) is 11.1 Å². The van der Waals surface area contributed by atoms with Crippen LogP contribution in [0.25, 0.3) is 10.9 Å². The molecule has 1 heterocycles. The Bertz CT molecular complexity index is 1340. The standard InChI is InChI=1S/C23H18F3N3O2S/c24-23(25,26)17-10-13-20(14-11-17)32(30,31)29-21-8-4-5-16-9-12-19(28-22(16)21)15-27-18-6-2-1-3-7-18/h1-14,27,29H,15H2. The van der Waals surface area contributed by atoms with Gasteiger partial charge in [0.1, 0.15) is 0 Å². The van der Waals surface area contributed by atoms with Crippen molar-refractivity contribution in [2.75, 3.05) is 10.0 Å². The minimum atomic E-state index is -4.54. The SMILES string of the molecule is O=S(=O)(Nc1cccc2ccc(CNc3ccccc3)nc12)c1ccc(C(F)(F)F)cc1. The summed E-state index contributed by atoms with van der Waals surface area (Å²) in [5.41, 5.74) is 1.38. The van der Waals surface area contributed by atoms with E-state index in [2.05, 4.69) is 15.0 Å². The van der Waals surface area contributed by atoms with Gasteiger partial charge in [-0.1, -0.05) is 36.4 Å². The average Bonchev–Trinajstić information content (AvgIpc) is 2.78. The lowest BCUT2D eigenvalue weighted by molar-refractivity contribution is -0.137. The largest absolute Gasteiger partial charge is 0.416 e. The summed E-state index contributed by atoms with van der Waals surface area (Å²) in [6, 6.07) is 21.6. The number of sulfonamides is 1. The smallest absolute Gasteiger partial charge is 0.379 e. The van der Waals surface area contributed by atoms with Gasteiger partial charge >= 0.3 is 6.18 Å². The molecule has 5 nitrogen and oxygen atoms in total. The number of fused-ring (bicyclic) bond motifs is 1. The molecule has 0 unspecified atom stereocenters. The van der Waals surface area contributed by atoms with E-state index in [9.17, 15) is 21.6 Å². The number of nitrogens with one attached hydrogen (secondary N) is 2. The Morgan fingerprint density at radius 1 is 0.812 bits per heavy atom. The minimum absolute atomic E-state index is 0.240. The second-order valence-corrected chi connectivity index (χ2v) is 8.71. The molecule has 9 heteroatoms. The second-order valence-electron chi connectivity index (χ2n) is 7.03. The zero-order chi connectivity index (χ0) is 22.8. The van der Waals surface area contributed by atoms with Crippen LogP contribution in [0.15, 0.2) is 89.8 Å². The summed E-state index contributed by atoms with van der Waals surface area (Å²) >= 11 is 0. The van der Waals surface area contributed by atoms with E-state index in [0.29, 0.717) is 17.8 Å². The molecule has 0 aliphatic heterocycles. The topological polar surface area (TPSA) is 71.1 Å². The van der Waals surface area contributed by atoms with Crippen LogP contribution in [-0.4, -0.2) is 13.4 Å². The molecule has 4 aromatic rings. The van der Waals surface area contributed by atoms with E-state index in [4.69, 9.17) is 0 Å². The summed E-state index contributed by atoms with van der Waals surface area (Å²) in [4.78, 5) is 4.30. The lowest BCUT2D eigenvalue weighted by Gasteiger charge is -2.13. The predicted octanol–water partition coefficient (Wildman–Crippen LogP) is 5.67. The van der Waals surface area contributed by atoms with Gasteiger partial charge in [0.2, 0.25) is 0 Å². The van der Waals surface area contributed by atoms with E-state index < -0.39 is 21.8 Å². The first-order chi connectivity index (χ1) is 15.2. The first-order valence-corrected chi connectivity index (χ1v) is 11.1. The van der Waals surface area contributed by atoms with Crippen molar-refractivity contribution in [3.63, 3.8) is 0 Å². The molecule has 0 radical (unpaired) electrons. The van der Waals surface area contributed by atoms with Crippen LogP contribution in [-0.2, 0) is 22.7 Å². The molecule has 164 valence electrons. The number of nitrogens with zero attached hydrogens (tertiary/aromatic N) is 1. The zero-order valence-corrected chi connectivity index (χ0v) is 17.4. The Morgan fingerprint density at radius 3 is 2.22 bits per heavy atom. The molecule has 0 spiro atoms. The molecule has 0 amide bonds. The highest BCUT2D eigenvalue weighted by atomic mass is 32.2. The maximum absolute atomic E-state index is 12.8. The van der Waals surface area contributed by atoms with Crippen molar-refractivity contribution in [1.82, 2.24) is 4.98 Å². The number of benzene rings is 3. The van der Waals surface area contributed by atoms with Crippen molar-refractivity contribution >= 4 is 32.3 Å². The van der Waals surface area contributed by atoms with Crippen molar-refractivity contribution in [2.45, 2.75) is 17.6 Å². The number of alkyl halides is 3. The second kappa shape index (κ2) is 8.51. The fourth-order valence-electron chi connectivity index (χ4n) is 3.14. The molecule has 0 aliphatic rings. The van der Waals surface area contributed by atoms with Crippen LogP contribution in [0, 0.1) is 0 Å². The van der Waals surface area contributed by atoms with Crippen LogP contribution in [0.4, 0.5) is 24.5 Å². The van der Waals surface area contributed by atoms with Crippen molar-refractivity contribution in [3.05, 3.63) is 96.2 Å². The number of hydrogen-bond acceptors (Lipinski definition) is 4. The van der Waals surface area contributed by atoms with E-state index >= 15 is 0 Å². The van der Waals surface area contributed by atoms with E-state index in [1.165, 1.54) is 0 Å². The normalized spacial score (nSPS) is 12.0. The van der Waals surface area contributed by atoms with Crippen LogP contribution < -0.4 is 10.0 Å². The van der Waals surface area contributed by atoms with Crippen LogP contribution in [0.1, 0.15) is 11.3 Å². The number of anilines is 2. The van der Waals surface area contributed by atoms with Gasteiger partial charge in [-0.3, -0.25) is 4.72 Å². The maximum atomic E-state index is 12.8. The Kier molecular flexibility index (Phi) is 5.75. The summed E-state index contributed by atoms with van der Waals surface area (Å²) in [7, 11) is -4.11. The molecule has 0 fully saturated rings. The van der Waals surface area contributed by atoms with Crippen LogP contribution in [0.5, 0.6) is 0 Å². The third-order valence-electron chi connectivity index (χ3n) is 4.76. The van der Waals surface area contributed by atoms with Crippen molar-refractivity contribution < 1.29 is 21.6 Å². The molecule has 0 saturated carbocycles. The predicted molar refractivity (Wildman–Crippen MR) is 118 cm³/mol. The highest BCUT2D eigenvalue weighted by Crippen LogP contribution is 2.30. The highest BCUT2D eigenvalue weighted by Gasteiger charge is 2.30. The molecule has 1 aromatic heterocycles. The molecule has 0 atom stereocenters. The van der Waals surface area contributed by atoms with Gasteiger partial charge in [0.05, 0.1) is 33.9 Å². The van der Waals surface area contributed by atoms with Gasteiger partial charge in [0.15, 0.2) is 0 Å². The maximum Gasteiger partial charge on any atom is 0.416 e. The third kappa shape index (κ3) is 4.83. The molecule has 0 bridgehead atoms. The van der Waals surface area contributed by atoms with E-state index in [1.54, 1.807) is 18.2 Å². The lowest BCUT2D eigenvalue weighted by atomic mass is 10.1. The van der Waals surface area contributed by atoms with Crippen molar-refractivity contribution in [1.29, 1.82) is 0 Å². The summed E-state index contributed by atoms with van der Waals surface area (Å²) in [5.74, 6) is 0. The number of halogens is 3. The molecule has 0 saturated heterocycles. The van der Waals surface area contributed by atoms with Crippen LogP contribution >= 0.6 is 0 Å². The molecule has 4 rings (SSSR count). The highest BCUT2D eigenvalue weighted by molar-refractivity contribution is 7.92. The minimum Gasteiger partial charge on any atom is -0.379 e. The molecule has 32 heavy (non-hydrogen) atoms. The van der Waals surface area contributed by atoms with Gasteiger partial charge in [-0.25, -0.2) is 13.4 Å². The monoisotopic (exact) mass is 457 g/mol. The molecule has 2 N–H and O–H groups in total.